The normalized spacial score (nSPS) is 43.9. The second kappa shape index (κ2) is 8.55. The zero-order valence-electron chi connectivity index (χ0n) is 18.2. The fourth-order valence-corrected chi connectivity index (χ4v) is 7.59. The van der Waals surface area contributed by atoms with Crippen LogP contribution in [0.2, 0.25) is 0 Å². The number of allylic oxidation sites excluding steroid dienone is 2. The largest absolute Gasteiger partial charge is 0.458 e. The van der Waals surface area contributed by atoms with Gasteiger partial charge < -0.3 is 4.74 Å². The second-order valence-electron chi connectivity index (χ2n) is 9.70. The molecule has 0 amide bonds. The maximum absolute atomic E-state index is 12.1. The van der Waals surface area contributed by atoms with Gasteiger partial charge in [0.05, 0.1) is 0 Å². The summed E-state index contributed by atoms with van der Waals surface area (Å²) in [6, 6.07) is 0. The third kappa shape index (κ3) is 3.39. The van der Waals surface area contributed by atoms with Gasteiger partial charge in [-0.15, -0.1) is 0 Å². The van der Waals surface area contributed by atoms with Crippen molar-refractivity contribution in [2.45, 2.75) is 78.7 Å². The first-order valence-electron chi connectivity index (χ1n) is 11.4. The molecule has 7 unspecified atom stereocenters. The molecule has 3 nitrogen and oxygen atoms in total. The van der Waals surface area contributed by atoms with Crippen LogP contribution in [0.1, 0.15) is 72.6 Å². The van der Waals surface area contributed by atoms with Gasteiger partial charge in [0.2, 0.25) is 0 Å². The van der Waals surface area contributed by atoms with Gasteiger partial charge in [-0.2, -0.15) is 0 Å². The van der Waals surface area contributed by atoms with E-state index in [9.17, 15) is 9.59 Å². The van der Waals surface area contributed by atoms with Gasteiger partial charge >= 0.3 is 5.97 Å². The van der Waals surface area contributed by atoms with Crippen LogP contribution in [0, 0.1) is 40.9 Å². The first-order valence-corrected chi connectivity index (χ1v) is 11.4. The quantitative estimate of drug-likeness (QED) is 0.332. The summed E-state index contributed by atoms with van der Waals surface area (Å²) in [6.07, 6.45) is 12.1. The van der Waals surface area contributed by atoms with Crippen LogP contribution in [0.25, 0.3) is 0 Å². The predicted molar refractivity (Wildman–Crippen MR) is 113 cm³/mol. The standard InChI is InChI=1S/C25H38O3/c1-6-9-19-18(11-13-26)14-16(4)23-20(19)10-12-25(8-3)21(23)15-17(5)24(25)28-22(27)7-2/h7,11,13,16-17,19-21,23-24H,2,6,8-10,12,14-15H2,1,3-5H3/b18-11-/t16?,17?,19?,20-,21?,23?,24?,25?/m1/s1. The Kier molecular flexibility index (Phi) is 6.51. The Morgan fingerprint density at radius 2 is 2.04 bits per heavy atom. The van der Waals surface area contributed by atoms with Gasteiger partial charge in [0, 0.05) is 11.5 Å². The second-order valence-corrected chi connectivity index (χ2v) is 9.70. The Balaban J connectivity index is 1.96. The Bertz CT molecular complexity index is 636. The molecule has 3 fully saturated rings. The summed E-state index contributed by atoms with van der Waals surface area (Å²) in [5, 5.41) is 0. The lowest BCUT2D eigenvalue weighted by Gasteiger charge is -2.56. The lowest BCUT2D eigenvalue weighted by Crippen LogP contribution is -2.51. The maximum atomic E-state index is 12.1. The molecule has 0 heterocycles. The number of hydrogen-bond acceptors (Lipinski definition) is 3. The summed E-state index contributed by atoms with van der Waals surface area (Å²) in [5.41, 5.74) is 1.49. The number of aldehydes is 1. The van der Waals surface area contributed by atoms with Crippen molar-refractivity contribution in [1.82, 2.24) is 0 Å². The van der Waals surface area contributed by atoms with Gasteiger partial charge in [0.1, 0.15) is 12.4 Å². The number of esters is 1. The lowest BCUT2D eigenvalue weighted by atomic mass is 9.49. The summed E-state index contributed by atoms with van der Waals surface area (Å²) in [6.45, 7) is 12.8. The minimum atomic E-state index is -0.274. The molecule has 8 atom stereocenters. The number of ether oxygens (including phenoxy) is 1. The fourth-order valence-electron chi connectivity index (χ4n) is 7.59. The van der Waals surface area contributed by atoms with Gasteiger partial charge in [-0.1, -0.05) is 46.3 Å². The van der Waals surface area contributed by atoms with Crippen LogP contribution in [0.4, 0.5) is 0 Å². The van der Waals surface area contributed by atoms with E-state index >= 15 is 0 Å². The summed E-state index contributed by atoms with van der Waals surface area (Å²) in [4.78, 5) is 23.3. The highest BCUT2D eigenvalue weighted by molar-refractivity contribution is 5.81. The van der Waals surface area contributed by atoms with E-state index in [-0.39, 0.29) is 17.5 Å². The molecule has 3 rings (SSSR count). The minimum Gasteiger partial charge on any atom is -0.458 e. The van der Waals surface area contributed by atoms with Crippen LogP contribution in [-0.2, 0) is 14.3 Å². The maximum Gasteiger partial charge on any atom is 0.330 e. The molecule has 28 heavy (non-hydrogen) atoms. The smallest absolute Gasteiger partial charge is 0.330 e. The first kappa shape index (κ1) is 21.3. The van der Waals surface area contributed by atoms with Crippen LogP contribution in [0.3, 0.4) is 0 Å². The third-order valence-corrected chi connectivity index (χ3v) is 8.51. The van der Waals surface area contributed by atoms with Crippen LogP contribution >= 0.6 is 0 Å². The first-order chi connectivity index (χ1) is 13.4. The van der Waals surface area contributed by atoms with E-state index in [1.807, 2.05) is 6.08 Å². The number of carbonyl (C=O) groups excluding carboxylic acids is 2. The number of rotatable bonds is 6. The molecule has 3 aliphatic rings. The van der Waals surface area contributed by atoms with Gasteiger partial charge in [0.25, 0.3) is 0 Å². The molecule has 0 bridgehead atoms. The number of carbonyl (C=O) groups is 2. The van der Waals surface area contributed by atoms with Crippen LogP contribution in [-0.4, -0.2) is 18.4 Å². The van der Waals surface area contributed by atoms with E-state index in [0.717, 1.165) is 38.4 Å². The molecule has 0 aromatic rings. The van der Waals surface area contributed by atoms with Gasteiger partial charge in [0.15, 0.2) is 0 Å². The highest BCUT2D eigenvalue weighted by Crippen LogP contribution is 2.65. The molecule has 0 aromatic heterocycles. The highest BCUT2D eigenvalue weighted by atomic mass is 16.5. The van der Waals surface area contributed by atoms with Gasteiger partial charge in [-0.3, -0.25) is 4.79 Å². The Morgan fingerprint density at radius 1 is 1.29 bits per heavy atom. The fraction of sp³-hybridized carbons (Fsp3) is 0.760. The third-order valence-electron chi connectivity index (χ3n) is 8.51. The summed E-state index contributed by atoms with van der Waals surface area (Å²) in [7, 11) is 0. The van der Waals surface area contributed by atoms with Crippen LogP contribution in [0.5, 0.6) is 0 Å². The van der Waals surface area contributed by atoms with Crippen LogP contribution < -0.4 is 0 Å². The van der Waals surface area contributed by atoms with Crippen molar-refractivity contribution in [2.75, 3.05) is 0 Å². The molecule has 156 valence electrons. The SMILES string of the molecule is C=CC(=O)OC1C(C)CC2C3C(C)C/C(=C/C=O)C(CCC)[C@H]3CCC21CC. The highest BCUT2D eigenvalue weighted by Gasteiger charge is 2.62. The number of hydrogen-bond donors (Lipinski definition) is 0. The van der Waals surface area contributed by atoms with E-state index in [1.165, 1.54) is 24.5 Å². The average Bonchev–Trinajstić information content (AvgIpc) is 2.96. The molecule has 0 spiro atoms. The zero-order valence-corrected chi connectivity index (χ0v) is 18.2. The van der Waals surface area contributed by atoms with Crippen molar-refractivity contribution in [2.24, 2.45) is 40.9 Å². The molecule has 0 radical (unpaired) electrons. The zero-order chi connectivity index (χ0) is 20.5. The monoisotopic (exact) mass is 386 g/mol. The molecule has 3 aliphatic carbocycles. The average molecular weight is 387 g/mol. The van der Waals surface area contributed by atoms with E-state index in [1.54, 1.807) is 0 Å². The van der Waals surface area contributed by atoms with E-state index in [0.29, 0.717) is 35.5 Å². The van der Waals surface area contributed by atoms with E-state index < -0.39 is 0 Å². The summed E-state index contributed by atoms with van der Waals surface area (Å²) >= 11 is 0. The molecular weight excluding hydrogens is 348 g/mol. The molecule has 3 heteroatoms. The van der Waals surface area contributed by atoms with Gasteiger partial charge in [-0.25, -0.2) is 4.79 Å². The van der Waals surface area contributed by atoms with Crippen molar-refractivity contribution in [3.8, 4) is 0 Å². The minimum absolute atomic E-state index is 0.0117. The Morgan fingerprint density at radius 3 is 2.64 bits per heavy atom. The van der Waals surface area contributed by atoms with Gasteiger partial charge in [-0.05, 0) is 80.1 Å². The van der Waals surface area contributed by atoms with Crippen molar-refractivity contribution in [1.29, 1.82) is 0 Å². The van der Waals surface area contributed by atoms with Crippen molar-refractivity contribution >= 4 is 12.3 Å². The predicted octanol–water partition coefficient (Wildman–Crippen LogP) is 5.74. The van der Waals surface area contributed by atoms with E-state index in [4.69, 9.17) is 4.74 Å². The lowest BCUT2D eigenvalue weighted by molar-refractivity contribution is -0.158. The summed E-state index contributed by atoms with van der Waals surface area (Å²) < 4.78 is 5.97. The van der Waals surface area contributed by atoms with Crippen LogP contribution in [0.15, 0.2) is 24.3 Å². The summed E-state index contributed by atoms with van der Waals surface area (Å²) in [5.74, 6) is 3.21. The topological polar surface area (TPSA) is 43.4 Å². The van der Waals surface area contributed by atoms with Crippen molar-refractivity contribution in [3.63, 3.8) is 0 Å². The molecule has 0 aromatic carbocycles. The Hall–Kier alpha value is -1.38. The molecule has 3 saturated carbocycles. The number of fused-ring (bicyclic) bond motifs is 3. The van der Waals surface area contributed by atoms with E-state index in [2.05, 4.69) is 34.3 Å². The molecule has 0 saturated heterocycles. The Labute approximate surface area is 171 Å². The molecule has 0 N–H and O–H groups in total. The van der Waals surface area contributed by atoms with Crippen molar-refractivity contribution in [3.05, 3.63) is 24.3 Å². The van der Waals surface area contributed by atoms with Crippen molar-refractivity contribution < 1.29 is 14.3 Å². The molecule has 0 aliphatic heterocycles. The molecular formula is C25H38O3.